The van der Waals surface area contributed by atoms with Gasteiger partial charge in [0.2, 0.25) is 5.91 Å². The molecule has 5 atom stereocenters. The molecule has 0 radical (unpaired) electrons. The molecule has 2 rings (SSSR count). The number of aliphatic hydroxyl groups is 2. The number of aliphatic imine (C=N–C) groups is 1. The van der Waals surface area contributed by atoms with Gasteiger partial charge in [0.05, 0.1) is 18.6 Å². The Balaban J connectivity index is 2.14. The highest BCUT2D eigenvalue weighted by molar-refractivity contribution is 6.13. The number of hydrogen-bond donors (Lipinski definition) is 3. The number of halogens is 1. The molecular weight excluding hydrogens is 311 g/mol. The fourth-order valence-electron chi connectivity index (χ4n) is 2.39. The standard InChI is InChI=1S/C14H19FN2O6/c1-3-4-22-14(21)17-12-8(15)5-7(13(20)16-12)11-10(19)9(18)6(2)23-11/h5-7,9-11,18-19H,3-4H2,1-2H3,(H,16,17,20,21)/t6-,7?,9-,10-,11+/m1/s1. The summed E-state index contributed by atoms with van der Waals surface area (Å²) in [6, 6.07) is 0. The van der Waals surface area contributed by atoms with E-state index >= 15 is 0 Å². The summed E-state index contributed by atoms with van der Waals surface area (Å²) in [7, 11) is 0. The van der Waals surface area contributed by atoms with E-state index < -0.39 is 54.0 Å². The molecule has 0 aromatic carbocycles. The molecular formula is C14H19FN2O6. The zero-order valence-corrected chi connectivity index (χ0v) is 12.7. The third kappa shape index (κ3) is 3.74. The molecule has 0 saturated carbocycles. The van der Waals surface area contributed by atoms with Crippen molar-refractivity contribution in [1.29, 1.82) is 0 Å². The number of carbonyl (C=O) groups is 2. The average molecular weight is 330 g/mol. The van der Waals surface area contributed by atoms with Crippen molar-refractivity contribution in [3.05, 3.63) is 11.9 Å². The number of aliphatic hydroxyl groups excluding tert-OH is 2. The minimum Gasteiger partial charge on any atom is -0.448 e. The summed E-state index contributed by atoms with van der Waals surface area (Å²) in [4.78, 5) is 26.8. The first-order valence-electron chi connectivity index (χ1n) is 7.30. The molecule has 2 amide bonds. The fourth-order valence-corrected chi connectivity index (χ4v) is 2.39. The van der Waals surface area contributed by atoms with Crippen LogP contribution in [-0.4, -0.2) is 59.1 Å². The molecule has 2 aliphatic heterocycles. The predicted octanol–water partition coefficient (Wildman–Crippen LogP) is 0.0400. The van der Waals surface area contributed by atoms with Gasteiger partial charge in [-0.2, -0.15) is 4.99 Å². The molecule has 0 aromatic rings. The Morgan fingerprint density at radius 3 is 2.74 bits per heavy atom. The molecule has 0 spiro atoms. The smallest absolute Gasteiger partial charge is 0.435 e. The minimum absolute atomic E-state index is 0.134. The van der Waals surface area contributed by atoms with Crippen LogP contribution in [0.15, 0.2) is 16.9 Å². The van der Waals surface area contributed by atoms with Gasteiger partial charge in [-0.1, -0.05) is 6.92 Å². The van der Waals surface area contributed by atoms with Gasteiger partial charge in [-0.05, 0) is 19.4 Å². The number of nitrogens with one attached hydrogen (secondary N) is 1. The van der Waals surface area contributed by atoms with Crippen molar-refractivity contribution in [3.63, 3.8) is 0 Å². The van der Waals surface area contributed by atoms with E-state index in [0.29, 0.717) is 6.42 Å². The lowest BCUT2D eigenvalue weighted by molar-refractivity contribution is -0.128. The molecule has 0 aromatic heterocycles. The van der Waals surface area contributed by atoms with Crippen LogP contribution in [0.25, 0.3) is 0 Å². The second kappa shape index (κ2) is 7.16. The van der Waals surface area contributed by atoms with Crippen LogP contribution in [0.1, 0.15) is 20.3 Å². The number of nitrogens with zero attached hydrogens (tertiary/aromatic N) is 1. The first-order chi connectivity index (χ1) is 10.8. The zero-order chi connectivity index (χ0) is 17.1. The Kier molecular flexibility index (Phi) is 5.45. The van der Waals surface area contributed by atoms with Crippen LogP contribution in [-0.2, 0) is 14.3 Å². The van der Waals surface area contributed by atoms with Gasteiger partial charge in [-0.15, -0.1) is 0 Å². The van der Waals surface area contributed by atoms with Crippen molar-refractivity contribution in [1.82, 2.24) is 5.32 Å². The van der Waals surface area contributed by atoms with Gasteiger partial charge in [0.1, 0.15) is 18.3 Å². The Morgan fingerprint density at radius 2 is 2.17 bits per heavy atom. The topological polar surface area (TPSA) is 117 Å². The van der Waals surface area contributed by atoms with Gasteiger partial charge in [0.15, 0.2) is 11.7 Å². The molecule has 2 aliphatic rings. The van der Waals surface area contributed by atoms with E-state index in [4.69, 9.17) is 4.74 Å². The van der Waals surface area contributed by atoms with E-state index in [2.05, 4.69) is 15.0 Å². The monoisotopic (exact) mass is 330 g/mol. The van der Waals surface area contributed by atoms with E-state index in [0.717, 1.165) is 6.08 Å². The number of rotatable bonds is 3. The van der Waals surface area contributed by atoms with Crippen LogP contribution < -0.4 is 5.32 Å². The lowest BCUT2D eigenvalue weighted by atomic mass is 9.93. The van der Waals surface area contributed by atoms with Crippen LogP contribution in [0.4, 0.5) is 9.18 Å². The van der Waals surface area contributed by atoms with Crippen molar-refractivity contribution in [2.75, 3.05) is 6.61 Å². The average Bonchev–Trinajstić information content (AvgIpc) is 2.76. The Morgan fingerprint density at radius 1 is 1.48 bits per heavy atom. The molecule has 2 heterocycles. The van der Waals surface area contributed by atoms with E-state index in [1.807, 2.05) is 0 Å². The van der Waals surface area contributed by atoms with Crippen molar-refractivity contribution in [2.45, 2.75) is 44.7 Å². The largest absolute Gasteiger partial charge is 0.448 e. The maximum atomic E-state index is 14.0. The fraction of sp³-hybridized carbons (Fsp3) is 0.643. The molecule has 23 heavy (non-hydrogen) atoms. The molecule has 8 nitrogen and oxygen atoms in total. The van der Waals surface area contributed by atoms with Gasteiger partial charge in [-0.25, -0.2) is 9.18 Å². The van der Waals surface area contributed by atoms with E-state index in [9.17, 15) is 24.2 Å². The molecule has 1 saturated heterocycles. The summed E-state index contributed by atoms with van der Waals surface area (Å²) < 4.78 is 24.0. The van der Waals surface area contributed by atoms with Gasteiger partial charge < -0.3 is 25.0 Å². The molecule has 128 valence electrons. The maximum absolute atomic E-state index is 14.0. The van der Waals surface area contributed by atoms with E-state index in [1.54, 1.807) is 6.92 Å². The summed E-state index contributed by atoms with van der Waals surface area (Å²) in [6.45, 7) is 3.46. The molecule has 1 fully saturated rings. The summed E-state index contributed by atoms with van der Waals surface area (Å²) in [5, 5.41) is 21.7. The Hall–Kier alpha value is -1.84. The van der Waals surface area contributed by atoms with Crippen LogP contribution >= 0.6 is 0 Å². The molecule has 1 unspecified atom stereocenters. The molecule has 3 N–H and O–H groups in total. The summed E-state index contributed by atoms with van der Waals surface area (Å²) in [5.41, 5.74) is 0. The highest BCUT2D eigenvalue weighted by Gasteiger charge is 2.47. The molecule has 0 bridgehead atoms. The van der Waals surface area contributed by atoms with Crippen LogP contribution in [0, 0.1) is 5.92 Å². The maximum Gasteiger partial charge on any atom is 0.435 e. The Bertz CT molecular complexity index is 549. The summed E-state index contributed by atoms with van der Waals surface area (Å²) >= 11 is 0. The minimum atomic E-state index is -1.32. The normalized spacial score (nSPS) is 35.9. The van der Waals surface area contributed by atoms with Gasteiger partial charge in [0, 0.05) is 0 Å². The lowest BCUT2D eigenvalue weighted by Crippen LogP contribution is -2.47. The van der Waals surface area contributed by atoms with Crippen LogP contribution in [0.3, 0.4) is 0 Å². The van der Waals surface area contributed by atoms with E-state index in [-0.39, 0.29) is 6.61 Å². The number of amides is 2. The van der Waals surface area contributed by atoms with Crippen molar-refractivity contribution >= 4 is 17.8 Å². The quantitative estimate of drug-likeness (QED) is 0.672. The predicted molar refractivity (Wildman–Crippen MR) is 76.2 cm³/mol. The van der Waals surface area contributed by atoms with E-state index in [1.165, 1.54) is 6.92 Å². The third-order valence-corrected chi connectivity index (χ3v) is 3.62. The summed E-state index contributed by atoms with van der Waals surface area (Å²) in [5.74, 6) is -3.32. The Labute approximate surface area is 132 Å². The van der Waals surface area contributed by atoms with Crippen molar-refractivity contribution < 1.29 is 33.7 Å². The number of ether oxygens (including phenoxy) is 2. The van der Waals surface area contributed by atoms with Crippen molar-refractivity contribution in [2.24, 2.45) is 10.9 Å². The van der Waals surface area contributed by atoms with Gasteiger partial charge >= 0.3 is 6.09 Å². The lowest BCUT2D eigenvalue weighted by Gasteiger charge is -2.25. The highest BCUT2D eigenvalue weighted by Crippen LogP contribution is 2.29. The number of carbonyl (C=O) groups excluding carboxylic acids is 2. The molecule has 9 heteroatoms. The van der Waals surface area contributed by atoms with Crippen LogP contribution in [0.5, 0.6) is 0 Å². The number of amidine groups is 1. The van der Waals surface area contributed by atoms with Crippen LogP contribution in [0.2, 0.25) is 0 Å². The second-order valence-corrected chi connectivity index (χ2v) is 5.39. The second-order valence-electron chi connectivity index (χ2n) is 5.39. The first-order valence-corrected chi connectivity index (χ1v) is 7.30. The first kappa shape index (κ1) is 17.5. The highest BCUT2D eigenvalue weighted by atomic mass is 19.1. The summed E-state index contributed by atoms with van der Waals surface area (Å²) in [6.07, 6.45) is -3.77. The van der Waals surface area contributed by atoms with Gasteiger partial charge in [0.25, 0.3) is 0 Å². The third-order valence-electron chi connectivity index (χ3n) is 3.62. The number of hydrogen-bond acceptors (Lipinski definition) is 6. The molecule has 0 aliphatic carbocycles. The SMILES string of the molecule is CCCOC(=O)N=C1NC(=O)C([C@@H]2O[C@H](C)[C@@H](O)[C@H]2O)C=C1F. The van der Waals surface area contributed by atoms with Crippen molar-refractivity contribution in [3.8, 4) is 0 Å². The zero-order valence-electron chi connectivity index (χ0n) is 12.7. The van der Waals surface area contributed by atoms with Gasteiger partial charge in [-0.3, -0.25) is 4.79 Å².